The molecule has 5 nitrogen and oxygen atoms in total. The molecular formula is C28H22N4OPt-2. The average Bonchev–Trinajstić information content (AvgIpc) is 3.23. The number of fused-ring (bicyclic) bond motifs is 1. The molecule has 0 amide bonds. The molecule has 0 saturated carbocycles. The normalized spacial score (nSPS) is 11.0. The van der Waals surface area contributed by atoms with Gasteiger partial charge in [-0.3, -0.25) is 4.57 Å². The quantitative estimate of drug-likeness (QED) is 0.0961. The zero-order chi connectivity index (χ0) is 22.8. The van der Waals surface area contributed by atoms with E-state index in [-0.39, 0.29) is 26.8 Å². The van der Waals surface area contributed by atoms with Gasteiger partial charge < -0.3 is 19.6 Å². The second-order valence-electron chi connectivity index (χ2n) is 7.62. The summed E-state index contributed by atoms with van der Waals surface area (Å²) in [5.74, 6) is 0.193. The van der Waals surface area contributed by atoms with Gasteiger partial charge in [-0.1, -0.05) is 77.6 Å². The number of aryl methyl sites for hydroxylation is 1. The Kier molecular flexibility index (Phi) is 6.95. The van der Waals surface area contributed by atoms with Crippen LogP contribution in [0.2, 0.25) is 0 Å². The van der Waals surface area contributed by atoms with E-state index in [9.17, 15) is 5.11 Å². The molecule has 0 bridgehead atoms. The van der Waals surface area contributed by atoms with Crippen LogP contribution < -0.4 is 9.47 Å². The number of nitrogens with zero attached hydrogens (tertiary/aromatic N) is 4. The summed E-state index contributed by atoms with van der Waals surface area (Å²) < 4.78 is 3.81. The summed E-state index contributed by atoms with van der Waals surface area (Å²) >= 11 is 0. The Labute approximate surface area is 213 Å². The molecule has 1 N–H and O–H groups in total. The van der Waals surface area contributed by atoms with Crippen LogP contribution in [0.25, 0.3) is 22.4 Å². The topological polar surface area (TPSA) is 44.6 Å². The van der Waals surface area contributed by atoms with Gasteiger partial charge in [0, 0.05) is 34.5 Å². The fourth-order valence-corrected chi connectivity index (χ4v) is 3.93. The molecule has 1 aromatic heterocycles. The molecule has 0 fully saturated rings. The summed E-state index contributed by atoms with van der Waals surface area (Å²) in [6, 6.07) is 32.8. The number of anilines is 2. The van der Waals surface area contributed by atoms with E-state index in [1.165, 1.54) is 0 Å². The first-order valence-corrected chi connectivity index (χ1v) is 10.6. The van der Waals surface area contributed by atoms with Crippen molar-refractivity contribution in [2.75, 3.05) is 11.9 Å². The Bertz CT molecular complexity index is 1470. The largest absolute Gasteiger partial charge is 0.511 e. The molecule has 6 heteroatoms. The number of aromatic hydroxyl groups is 1. The molecule has 5 rings (SSSR count). The number of hydrogen-bond acceptors (Lipinski definition) is 2. The molecule has 34 heavy (non-hydrogen) atoms. The van der Waals surface area contributed by atoms with E-state index >= 15 is 0 Å². The van der Waals surface area contributed by atoms with Crippen LogP contribution >= 0.6 is 0 Å². The molecule has 0 atom stereocenters. The van der Waals surface area contributed by atoms with Gasteiger partial charge in [0.05, 0.1) is 11.0 Å². The molecule has 0 saturated heterocycles. The minimum absolute atomic E-state index is 0. The van der Waals surface area contributed by atoms with Crippen LogP contribution in [0.15, 0.2) is 96.0 Å². The first-order chi connectivity index (χ1) is 16.2. The number of aliphatic imine (C=N–C) groups is 1. The SMILES string of the molecule is CN=[C-]N(c1[c-]c(-n2[c-][n+](-c3ccccc3O)c3ccccc32)ccc1)c1ccccc1C.[Pt]. The Balaban J connectivity index is 0.00000274. The minimum Gasteiger partial charge on any atom is -0.511 e. The van der Waals surface area contributed by atoms with Crippen LogP contribution in [0.1, 0.15) is 5.56 Å². The molecule has 0 radical (unpaired) electrons. The van der Waals surface area contributed by atoms with Crippen LogP contribution in [-0.4, -0.2) is 23.1 Å². The average molecular weight is 626 g/mol. The Hall–Kier alpha value is -3.69. The van der Waals surface area contributed by atoms with E-state index in [1.54, 1.807) is 13.1 Å². The summed E-state index contributed by atoms with van der Waals surface area (Å²) in [5.41, 5.74) is 6.27. The van der Waals surface area contributed by atoms with Crippen molar-refractivity contribution in [3.63, 3.8) is 0 Å². The number of benzene rings is 4. The van der Waals surface area contributed by atoms with Gasteiger partial charge in [0.2, 0.25) is 0 Å². The third-order valence-corrected chi connectivity index (χ3v) is 5.49. The van der Waals surface area contributed by atoms with Gasteiger partial charge >= 0.3 is 0 Å². The number of hydrogen-bond donors (Lipinski definition) is 1. The molecule has 172 valence electrons. The van der Waals surface area contributed by atoms with Crippen molar-refractivity contribution in [3.05, 3.63) is 109 Å². The van der Waals surface area contributed by atoms with Crippen molar-refractivity contribution in [3.8, 4) is 17.1 Å². The predicted molar refractivity (Wildman–Crippen MR) is 131 cm³/mol. The summed E-state index contributed by atoms with van der Waals surface area (Å²) in [6.07, 6.45) is 6.47. The number of rotatable bonds is 5. The number of phenols is 1. The standard InChI is InChI=1S/C28H22N4O.Pt/c1-21-10-3-4-13-24(21)30(19-29-2)22-11-9-12-23(18-22)31-20-32(26-15-6-5-14-25(26)31)27-16-7-8-17-28(27)33;/h3-17,33H,1-2H3;/q-2;. The van der Waals surface area contributed by atoms with E-state index in [4.69, 9.17) is 0 Å². The first-order valence-electron chi connectivity index (χ1n) is 10.6. The third-order valence-electron chi connectivity index (χ3n) is 5.49. The smallest absolute Gasteiger partial charge is 0.268 e. The first kappa shape index (κ1) is 23.5. The molecule has 0 aliphatic rings. The van der Waals surface area contributed by atoms with Crippen molar-refractivity contribution >= 4 is 28.7 Å². The number of aromatic nitrogens is 2. The van der Waals surface area contributed by atoms with Gasteiger partial charge in [0.25, 0.3) is 6.33 Å². The van der Waals surface area contributed by atoms with Crippen molar-refractivity contribution < 1.29 is 30.7 Å². The summed E-state index contributed by atoms with van der Waals surface area (Å²) in [7, 11) is 1.71. The van der Waals surface area contributed by atoms with Crippen LogP contribution in [-0.2, 0) is 21.1 Å². The molecule has 0 unspecified atom stereocenters. The summed E-state index contributed by atoms with van der Waals surface area (Å²) in [6.45, 7) is 2.06. The summed E-state index contributed by atoms with van der Waals surface area (Å²) in [4.78, 5) is 6.05. The van der Waals surface area contributed by atoms with Crippen molar-refractivity contribution in [2.24, 2.45) is 4.99 Å². The maximum absolute atomic E-state index is 10.4. The molecule has 0 spiro atoms. The van der Waals surface area contributed by atoms with Crippen molar-refractivity contribution in [1.29, 1.82) is 0 Å². The second kappa shape index (κ2) is 10.1. The van der Waals surface area contributed by atoms with Gasteiger partial charge in [0.1, 0.15) is 11.4 Å². The minimum atomic E-state index is 0. The monoisotopic (exact) mass is 625 g/mol. The van der Waals surface area contributed by atoms with E-state index in [0.717, 1.165) is 33.7 Å². The zero-order valence-corrected chi connectivity index (χ0v) is 21.0. The maximum Gasteiger partial charge on any atom is 0.268 e. The maximum atomic E-state index is 10.4. The molecular weight excluding hydrogens is 603 g/mol. The molecule has 0 aliphatic carbocycles. The van der Waals surface area contributed by atoms with E-state index in [2.05, 4.69) is 36.7 Å². The Morgan fingerprint density at radius 3 is 2.44 bits per heavy atom. The van der Waals surface area contributed by atoms with Gasteiger partial charge in [-0.05, 0) is 19.1 Å². The van der Waals surface area contributed by atoms with Gasteiger partial charge in [-0.2, -0.15) is 17.8 Å². The number of imidazole rings is 1. The molecule has 4 aromatic carbocycles. The molecule has 5 aromatic rings. The van der Waals surface area contributed by atoms with E-state index in [0.29, 0.717) is 5.69 Å². The van der Waals surface area contributed by atoms with Gasteiger partial charge in [0.15, 0.2) is 0 Å². The molecule has 0 aliphatic heterocycles. The van der Waals surface area contributed by atoms with Crippen LogP contribution in [0.3, 0.4) is 0 Å². The summed E-state index contributed by atoms with van der Waals surface area (Å²) in [5, 5.41) is 10.4. The van der Waals surface area contributed by atoms with Gasteiger partial charge in [-0.15, -0.1) is 0 Å². The second-order valence-corrected chi connectivity index (χ2v) is 7.62. The predicted octanol–water partition coefficient (Wildman–Crippen LogP) is 5.19. The van der Waals surface area contributed by atoms with Crippen LogP contribution in [0, 0.1) is 19.3 Å². The number of phenolic OH excluding ortho intramolecular Hbond substituents is 1. The third kappa shape index (κ3) is 4.27. The zero-order valence-electron chi connectivity index (χ0n) is 18.7. The van der Waals surface area contributed by atoms with Crippen molar-refractivity contribution in [1.82, 2.24) is 4.57 Å². The van der Waals surface area contributed by atoms with Gasteiger partial charge in [-0.25, -0.2) is 12.1 Å². The van der Waals surface area contributed by atoms with Crippen molar-refractivity contribution in [2.45, 2.75) is 6.92 Å². The number of para-hydroxylation sites is 5. The van der Waals surface area contributed by atoms with Crippen LogP contribution in [0.5, 0.6) is 5.75 Å². The fraction of sp³-hybridized carbons (Fsp3) is 0.0714. The van der Waals surface area contributed by atoms with E-state index in [1.807, 2.05) is 92.9 Å². The Morgan fingerprint density at radius 2 is 1.65 bits per heavy atom. The van der Waals surface area contributed by atoms with E-state index < -0.39 is 0 Å². The van der Waals surface area contributed by atoms with Crippen LogP contribution in [0.4, 0.5) is 11.4 Å². The molecule has 1 heterocycles. The Morgan fingerprint density at radius 1 is 0.912 bits per heavy atom. The fourth-order valence-electron chi connectivity index (χ4n) is 3.93.